The molecule has 34 heavy (non-hydrogen) atoms. The van der Waals surface area contributed by atoms with Crippen molar-refractivity contribution in [2.24, 2.45) is 0 Å². The summed E-state index contributed by atoms with van der Waals surface area (Å²) >= 11 is 1.14. The van der Waals surface area contributed by atoms with E-state index in [2.05, 4.69) is 10.4 Å². The van der Waals surface area contributed by atoms with Crippen LogP contribution in [0.2, 0.25) is 0 Å². The number of thioether (sulfide) groups is 1. The third-order valence-electron chi connectivity index (χ3n) is 5.48. The van der Waals surface area contributed by atoms with Crippen LogP contribution in [0, 0.1) is 30.9 Å². The lowest BCUT2D eigenvalue weighted by Crippen LogP contribution is -2.53. The SMILES string of the molecule is COc1cccc(-c2c(C(=O)N[n+]3c(C)cc(C)cc3C)[nH]c3ccc(SC[N+](=O)[O-])cc23)c1. The Balaban J connectivity index is 1.85. The molecular weight excluding hydrogens is 452 g/mol. The summed E-state index contributed by atoms with van der Waals surface area (Å²) in [4.78, 5) is 28.0. The first-order chi connectivity index (χ1) is 16.3. The highest BCUT2D eigenvalue weighted by molar-refractivity contribution is 7.99. The second kappa shape index (κ2) is 9.56. The lowest BCUT2D eigenvalue weighted by molar-refractivity contribution is -0.654. The maximum atomic E-state index is 13.5. The molecule has 2 aromatic carbocycles. The fourth-order valence-electron chi connectivity index (χ4n) is 4.08. The van der Waals surface area contributed by atoms with Gasteiger partial charge in [0.25, 0.3) is 5.88 Å². The minimum absolute atomic E-state index is 0.236. The van der Waals surface area contributed by atoms with Gasteiger partial charge in [-0.1, -0.05) is 16.8 Å². The molecule has 2 heterocycles. The van der Waals surface area contributed by atoms with Crippen molar-refractivity contribution in [3.05, 3.63) is 87.4 Å². The Hall–Kier alpha value is -3.85. The maximum Gasteiger partial charge on any atom is 0.322 e. The molecule has 0 fully saturated rings. The molecule has 2 N–H and O–H groups in total. The number of carbonyl (C=O) groups is 1. The predicted octanol–water partition coefficient (Wildman–Crippen LogP) is 4.77. The van der Waals surface area contributed by atoms with Gasteiger partial charge in [0.1, 0.15) is 11.4 Å². The van der Waals surface area contributed by atoms with Crippen LogP contribution in [0.25, 0.3) is 22.0 Å². The van der Waals surface area contributed by atoms with Gasteiger partial charge in [-0.15, -0.1) is 5.43 Å². The van der Waals surface area contributed by atoms with Crippen LogP contribution in [-0.4, -0.2) is 28.8 Å². The summed E-state index contributed by atoms with van der Waals surface area (Å²) in [6.07, 6.45) is 0. The summed E-state index contributed by atoms with van der Waals surface area (Å²) < 4.78 is 7.16. The molecule has 0 bridgehead atoms. The zero-order valence-corrected chi connectivity index (χ0v) is 20.2. The van der Waals surface area contributed by atoms with Crippen LogP contribution in [0.3, 0.4) is 0 Å². The van der Waals surface area contributed by atoms with Gasteiger partial charge < -0.3 is 9.72 Å². The van der Waals surface area contributed by atoms with Crippen LogP contribution in [0.4, 0.5) is 0 Å². The number of rotatable bonds is 7. The largest absolute Gasteiger partial charge is 0.497 e. The summed E-state index contributed by atoms with van der Waals surface area (Å²) in [5.74, 6) is 0.130. The van der Waals surface area contributed by atoms with Gasteiger partial charge in [0, 0.05) is 52.3 Å². The van der Waals surface area contributed by atoms with E-state index in [0.717, 1.165) is 50.1 Å². The first kappa shape index (κ1) is 23.3. The average molecular weight is 478 g/mol. The summed E-state index contributed by atoms with van der Waals surface area (Å²) in [5, 5.41) is 11.6. The first-order valence-electron chi connectivity index (χ1n) is 10.6. The highest BCUT2D eigenvalue weighted by Gasteiger charge is 2.24. The van der Waals surface area contributed by atoms with Crippen molar-refractivity contribution in [1.82, 2.24) is 4.98 Å². The quantitative estimate of drug-likeness (QED) is 0.131. The van der Waals surface area contributed by atoms with Gasteiger partial charge in [-0.25, -0.2) is 0 Å². The Kier molecular flexibility index (Phi) is 6.56. The second-order valence-corrected chi connectivity index (χ2v) is 9.03. The highest BCUT2D eigenvalue weighted by atomic mass is 32.2. The average Bonchev–Trinajstić information content (AvgIpc) is 3.19. The number of pyridine rings is 1. The van der Waals surface area contributed by atoms with Crippen molar-refractivity contribution in [2.45, 2.75) is 25.7 Å². The molecule has 9 heteroatoms. The van der Waals surface area contributed by atoms with E-state index in [4.69, 9.17) is 4.74 Å². The first-order valence-corrected chi connectivity index (χ1v) is 11.6. The monoisotopic (exact) mass is 477 g/mol. The molecule has 174 valence electrons. The molecule has 0 unspecified atom stereocenters. The molecule has 0 spiro atoms. The number of nitrogens with one attached hydrogen (secondary N) is 2. The number of benzene rings is 2. The normalized spacial score (nSPS) is 10.9. The van der Waals surface area contributed by atoms with Gasteiger partial charge in [0.15, 0.2) is 0 Å². The molecule has 4 aromatic rings. The molecule has 2 aromatic heterocycles. The Morgan fingerprint density at radius 1 is 1.12 bits per heavy atom. The number of hydrogen-bond donors (Lipinski definition) is 2. The lowest BCUT2D eigenvalue weighted by Gasteiger charge is -2.08. The van der Waals surface area contributed by atoms with Crippen molar-refractivity contribution in [2.75, 3.05) is 18.4 Å². The number of aromatic nitrogens is 2. The minimum atomic E-state index is -0.364. The number of aryl methyl sites for hydroxylation is 3. The van der Waals surface area contributed by atoms with Gasteiger partial charge in [-0.3, -0.25) is 14.9 Å². The highest BCUT2D eigenvalue weighted by Crippen LogP contribution is 2.36. The predicted molar refractivity (Wildman–Crippen MR) is 133 cm³/mol. The number of nitrogens with zero attached hydrogens (tertiary/aromatic N) is 2. The number of fused-ring (bicyclic) bond motifs is 1. The third kappa shape index (κ3) is 4.74. The van der Waals surface area contributed by atoms with E-state index in [9.17, 15) is 14.9 Å². The number of aromatic amines is 1. The lowest BCUT2D eigenvalue weighted by atomic mass is 10.0. The Morgan fingerprint density at radius 2 is 1.85 bits per heavy atom. The van der Waals surface area contributed by atoms with E-state index >= 15 is 0 Å². The molecule has 0 aliphatic rings. The smallest absolute Gasteiger partial charge is 0.322 e. The third-order valence-corrected chi connectivity index (χ3v) is 6.41. The molecule has 0 aliphatic heterocycles. The molecular formula is C25H25N4O4S+. The summed E-state index contributed by atoms with van der Waals surface area (Å²) in [7, 11) is 1.59. The van der Waals surface area contributed by atoms with Gasteiger partial charge in [0.05, 0.1) is 7.11 Å². The van der Waals surface area contributed by atoms with Crippen LogP contribution in [0.15, 0.2) is 59.5 Å². The molecule has 0 saturated heterocycles. The van der Waals surface area contributed by atoms with E-state index in [0.29, 0.717) is 17.0 Å². The van der Waals surface area contributed by atoms with Gasteiger partial charge >= 0.3 is 5.91 Å². The van der Waals surface area contributed by atoms with Crippen LogP contribution in [0.5, 0.6) is 5.75 Å². The van der Waals surface area contributed by atoms with E-state index in [1.807, 2.05) is 75.4 Å². The standard InChI is InChI=1S/C25H24N4O4S/c1-15-10-16(2)29(17(3)11-15)27-25(30)24-23(18-6-5-7-19(12-18)33-4)21-13-20(34-14-28(31)32)8-9-22(21)26-24/h5-13H,14H2,1-4H3,(H-,26,27,30)/p+1. The maximum absolute atomic E-state index is 13.5. The number of H-pyrrole nitrogens is 1. The number of ether oxygens (including phenoxy) is 1. The minimum Gasteiger partial charge on any atom is -0.497 e. The van der Waals surface area contributed by atoms with Crippen molar-refractivity contribution in [3.8, 4) is 16.9 Å². The van der Waals surface area contributed by atoms with Crippen LogP contribution in [0.1, 0.15) is 27.4 Å². The Bertz CT molecular complexity index is 1390. The second-order valence-electron chi connectivity index (χ2n) is 8.01. The Morgan fingerprint density at radius 3 is 2.53 bits per heavy atom. The van der Waals surface area contributed by atoms with E-state index in [1.165, 1.54) is 0 Å². The van der Waals surface area contributed by atoms with E-state index in [-0.39, 0.29) is 16.7 Å². The van der Waals surface area contributed by atoms with Gasteiger partial charge in [-0.2, -0.15) is 0 Å². The molecule has 1 amide bonds. The van der Waals surface area contributed by atoms with Gasteiger partial charge in [-0.05, 0) is 60.1 Å². The Labute approximate surface area is 201 Å². The zero-order valence-electron chi connectivity index (χ0n) is 19.3. The van der Waals surface area contributed by atoms with Crippen LogP contribution >= 0.6 is 11.8 Å². The summed E-state index contributed by atoms with van der Waals surface area (Å²) in [6, 6.07) is 17.0. The topological polar surface area (TPSA) is 101 Å². The molecule has 0 atom stereocenters. The zero-order chi connectivity index (χ0) is 24.4. The number of methoxy groups -OCH3 is 1. The van der Waals surface area contributed by atoms with Crippen molar-refractivity contribution in [1.29, 1.82) is 0 Å². The summed E-state index contributed by atoms with van der Waals surface area (Å²) in [5.41, 5.74) is 8.58. The number of nitro groups is 1. The molecule has 8 nitrogen and oxygen atoms in total. The fraction of sp³-hybridized carbons (Fsp3) is 0.200. The van der Waals surface area contributed by atoms with Crippen molar-refractivity contribution >= 4 is 28.6 Å². The molecule has 0 radical (unpaired) electrons. The molecule has 0 aliphatic carbocycles. The molecule has 0 saturated carbocycles. The van der Waals surface area contributed by atoms with Crippen LogP contribution < -0.4 is 14.8 Å². The number of amides is 1. The molecule has 4 rings (SSSR count). The number of carbonyl (C=O) groups excluding carboxylic acids is 1. The fourth-order valence-corrected chi connectivity index (χ4v) is 4.70. The van der Waals surface area contributed by atoms with Gasteiger partial charge in [0.2, 0.25) is 11.4 Å². The summed E-state index contributed by atoms with van der Waals surface area (Å²) in [6.45, 7) is 5.89. The van der Waals surface area contributed by atoms with E-state index < -0.39 is 0 Å². The van der Waals surface area contributed by atoms with E-state index in [1.54, 1.807) is 11.8 Å². The van der Waals surface area contributed by atoms with Crippen molar-refractivity contribution < 1.29 is 19.1 Å². The van der Waals surface area contributed by atoms with Crippen LogP contribution in [-0.2, 0) is 0 Å². The number of hydrogen-bond acceptors (Lipinski definition) is 5. The van der Waals surface area contributed by atoms with Crippen molar-refractivity contribution in [3.63, 3.8) is 0 Å².